The van der Waals surface area contributed by atoms with Gasteiger partial charge in [-0.25, -0.2) is 0 Å². The molecule has 0 bridgehead atoms. The molecule has 2 aliphatic rings. The third-order valence-electron chi connectivity index (χ3n) is 4.43. The fourth-order valence-electron chi connectivity index (χ4n) is 3.18. The van der Waals surface area contributed by atoms with Crippen LogP contribution in [0.4, 0.5) is 8.78 Å². The zero-order valence-corrected chi connectivity index (χ0v) is 12.5. The zero-order chi connectivity index (χ0) is 15.7. The van der Waals surface area contributed by atoms with Gasteiger partial charge in [-0.2, -0.15) is 8.78 Å². The molecule has 22 heavy (non-hydrogen) atoms. The van der Waals surface area contributed by atoms with Gasteiger partial charge in [-0.05, 0) is 30.9 Å². The van der Waals surface area contributed by atoms with Crippen LogP contribution in [0.15, 0.2) is 24.3 Å². The van der Waals surface area contributed by atoms with Crippen LogP contribution in [0.1, 0.15) is 24.8 Å². The van der Waals surface area contributed by atoms with Crippen molar-refractivity contribution in [3.63, 3.8) is 0 Å². The lowest BCUT2D eigenvalue weighted by Crippen LogP contribution is -2.52. The van der Waals surface area contributed by atoms with E-state index in [0.717, 1.165) is 13.1 Å². The average Bonchev–Trinajstić information content (AvgIpc) is 3.27. The molecular formula is C16H20F2N2O2. The third-order valence-corrected chi connectivity index (χ3v) is 4.43. The highest BCUT2D eigenvalue weighted by Crippen LogP contribution is 2.51. The van der Waals surface area contributed by atoms with Gasteiger partial charge in [0.25, 0.3) is 0 Å². The first kappa shape index (κ1) is 15.2. The molecule has 1 aromatic rings. The maximum Gasteiger partial charge on any atom is 0.387 e. The Kier molecular flexibility index (Phi) is 4.29. The lowest BCUT2D eigenvalue weighted by Gasteiger charge is -2.34. The molecule has 1 heterocycles. The minimum absolute atomic E-state index is 0.00969. The number of nitrogens with zero attached hydrogens (tertiary/aromatic N) is 1. The van der Waals surface area contributed by atoms with Gasteiger partial charge in [0, 0.05) is 31.6 Å². The molecule has 120 valence electrons. The van der Waals surface area contributed by atoms with E-state index in [1.165, 1.54) is 6.07 Å². The van der Waals surface area contributed by atoms with Crippen molar-refractivity contribution in [1.82, 2.24) is 10.2 Å². The number of nitrogens with one attached hydrogen (secondary N) is 1. The smallest absolute Gasteiger partial charge is 0.387 e. The van der Waals surface area contributed by atoms with E-state index in [-0.39, 0.29) is 29.5 Å². The van der Waals surface area contributed by atoms with Gasteiger partial charge < -0.3 is 15.0 Å². The second kappa shape index (κ2) is 6.20. The number of benzene rings is 1. The van der Waals surface area contributed by atoms with E-state index in [2.05, 4.69) is 10.1 Å². The number of hydrogen-bond acceptors (Lipinski definition) is 3. The van der Waals surface area contributed by atoms with Crippen LogP contribution in [-0.4, -0.2) is 43.1 Å². The second-order valence-electron chi connectivity index (χ2n) is 5.95. The SMILES string of the molecule is C[C@@H]1CNCCN1C(=O)C1CC1c1ccccc1OC(F)F. The number of halogens is 2. The molecule has 1 aromatic carbocycles. The number of rotatable bonds is 4. The van der Waals surface area contributed by atoms with Crippen LogP contribution in [0.25, 0.3) is 0 Å². The molecule has 0 spiro atoms. The second-order valence-corrected chi connectivity index (χ2v) is 5.95. The molecule has 0 radical (unpaired) electrons. The largest absolute Gasteiger partial charge is 0.435 e. The maximum atomic E-state index is 12.6. The lowest BCUT2D eigenvalue weighted by atomic mass is 10.1. The molecule has 1 saturated carbocycles. The number of carbonyl (C=O) groups is 1. The minimum atomic E-state index is -2.85. The van der Waals surface area contributed by atoms with Crippen molar-refractivity contribution in [2.45, 2.75) is 31.9 Å². The number of ether oxygens (including phenoxy) is 1. The molecule has 2 fully saturated rings. The predicted octanol–water partition coefficient (Wildman–Crippen LogP) is 2.21. The summed E-state index contributed by atoms with van der Waals surface area (Å²) in [4.78, 5) is 14.5. The molecule has 3 rings (SSSR count). The van der Waals surface area contributed by atoms with Crippen molar-refractivity contribution in [2.24, 2.45) is 5.92 Å². The molecule has 0 aromatic heterocycles. The van der Waals surface area contributed by atoms with Gasteiger partial charge in [0.15, 0.2) is 0 Å². The van der Waals surface area contributed by atoms with E-state index < -0.39 is 6.61 Å². The first-order valence-electron chi connectivity index (χ1n) is 7.63. The zero-order valence-electron chi connectivity index (χ0n) is 12.5. The van der Waals surface area contributed by atoms with Crippen LogP contribution in [0.5, 0.6) is 5.75 Å². The number of carbonyl (C=O) groups excluding carboxylic acids is 1. The Morgan fingerprint density at radius 1 is 1.41 bits per heavy atom. The van der Waals surface area contributed by atoms with E-state index in [1.807, 2.05) is 11.8 Å². The number of piperazine rings is 1. The van der Waals surface area contributed by atoms with Gasteiger partial charge in [0.2, 0.25) is 5.91 Å². The lowest BCUT2D eigenvalue weighted by molar-refractivity contribution is -0.135. The van der Waals surface area contributed by atoms with Crippen LogP contribution in [0, 0.1) is 5.92 Å². The summed E-state index contributed by atoms with van der Waals surface area (Å²) in [5, 5.41) is 3.26. The van der Waals surface area contributed by atoms with E-state index in [0.29, 0.717) is 18.5 Å². The van der Waals surface area contributed by atoms with Crippen LogP contribution in [0.2, 0.25) is 0 Å². The van der Waals surface area contributed by atoms with Gasteiger partial charge in [-0.15, -0.1) is 0 Å². The Morgan fingerprint density at radius 2 is 2.18 bits per heavy atom. The molecule has 1 N–H and O–H groups in total. The quantitative estimate of drug-likeness (QED) is 0.927. The Bertz CT molecular complexity index is 553. The van der Waals surface area contributed by atoms with Gasteiger partial charge >= 0.3 is 6.61 Å². The number of para-hydroxylation sites is 1. The van der Waals surface area contributed by atoms with E-state index in [9.17, 15) is 13.6 Å². The third kappa shape index (κ3) is 3.06. The minimum Gasteiger partial charge on any atom is -0.435 e. The fourth-order valence-corrected chi connectivity index (χ4v) is 3.18. The summed E-state index contributed by atoms with van der Waals surface area (Å²) in [5.74, 6) is 0.199. The van der Waals surface area contributed by atoms with Crippen molar-refractivity contribution in [3.8, 4) is 5.75 Å². The summed E-state index contributed by atoms with van der Waals surface area (Å²) >= 11 is 0. The Hall–Kier alpha value is -1.69. The van der Waals surface area contributed by atoms with Crippen LogP contribution in [0.3, 0.4) is 0 Å². The normalized spacial score (nSPS) is 27.8. The first-order valence-corrected chi connectivity index (χ1v) is 7.63. The Labute approximate surface area is 128 Å². The van der Waals surface area contributed by atoms with Crippen molar-refractivity contribution in [3.05, 3.63) is 29.8 Å². The van der Waals surface area contributed by atoms with Crippen LogP contribution in [-0.2, 0) is 4.79 Å². The molecule has 3 atom stereocenters. The fraction of sp³-hybridized carbons (Fsp3) is 0.562. The molecule has 1 saturated heterocycles. The van der Waals surface area contributed by atoms with Crippen molar-refractivity contribution < 1.29 is 18.3 Å². The van der Waals surface area contributed by atoms with E-state index in [1.54, 1.807) is 18.2 Å². The summed E-state index contributed by atoms with van der Waals surface area (Å²) in [7, 11) is 0. The van der Waals surface area contributed by atoms with Crippen LogP contribution >= 0.6 is 0 Å². The van der Waals surface area contributed by atoms with Crippen molar-refractivity contribution in [2.75, 3.05) is 19.6 Å². The monoisotopic (exact) mass is 310 g/mol. The highest BCUT2D eigenvalue weighted by Gasteiger charge is 2.47. The molecule has 1 aliphatic heterocycles. The number of hydrogen-bond donors (Lipinski definition) is 1. The molecule has 1 aliphatic carbocycles. The van der Waals surface area contributed by atoms with Gasteiger partial charge in [0.1, 0.15) is 5.75 Å². The molecule has 6 heteroatoms. The maximum absolute atomic E-state index is 12.6. The summed E-state index contributed by atoms with van der Waals surface area (Å²) < 4.78 is 29.5. The first-order chi connectivity index (χ1) is 10.6. The van der Waals surface area contributed by atoms with Crippen LogP contribution < -0.4 is 10.1 Å². The topological polar surface area (TPSA) is 41.6 Å². The molecule has 1 amide bonds. The Balaban J connectivity index is 1.70. The molecular weight excluding hydrogens is 290 g/mol. The highest BCUT2D eigenvalue weighted by molar-refractivity contribution is 5.83. The summed E-state index contributed by atoms with van der Waals surface area (Å²) in [6, 6.07) is 6.95. The highest BCUT2D eigenvalue weighted by atomic mass is 19.3. The van der Waals surface area contributed by atoms with E-state index in [4.69, 9.17) is 0 Å². The summed E-state index contributed by atoms with van der Waals surface area (Å²) in [5.41, 5.74) is 0.712. The molecule has 4 nitrogen and oxygen atoms in total. The standard InChI is InChI=1S/C16H20F2N2O2/c1-10-9-19-6-7-20(10)15(21)13-8-12(13)11-4-2-3-5-14(11)22-16(17)18/h2-5,10,12-13,16,19H,6-9H2,1H3/t10-,12?,13?/m1/s1. The number of alkyl halides is 2. The van der Waals surface area contributed by atoms with E-state index >= 15 is 0 Å². The van der Waals surface area contributed by atoms with Gasteiger partial charge in [-0.1, -0.05) is 18.2 Å². The molecule has 2 unspecified atom stereocenters. The van der Waals surface area contributed by atoms with Crippen molar-refractivity contribution in [1.29, 1.82) is 0 Å². The summed E-state index contributed by atoms with van der Waals surface area (Å²) in [6.45, 7) is 1.49. The van der Waals surface area contributed by atoms with Gasteiger partial charge in [-0.3, -0.25) is 4.79 Å². The average molecular weight is 310 g/mol. The van der Waals surface area contributed by atoms with Gasteiger partial charge in [0.05, 0.1) is 0 Å². The number of amides is 1. The Morgan fingerprint density at radius 3 is 2.91 bits per heavy atom. The van der Waals surface area contributed by atoms with Crippen molar-refractivity contribution >= 4 is 5.91 Å². The predicted molar refractivity (Wildman–Crippen MR) is 78.0 cm³/mol. The summed E-state index contributed by atoms with van der Waals surface area (Å²) in [6.07, 6.45) is 0.707.